The van der Waals surface area contributed by atoms with Gasteiger partial charge in [-0.3, -0.25) is 19.6 Å². The molecule has 2 heterocycles. The summed E-state index contributed by atoms with van der Waals surface area (Å²) in [6.45, 7) is 5.26. The van der Waals surface area contributed by atoms with Crippen molar-refractivity contribution in [2.75, 3.05) is 0 Å². The number of hydrogen-bond acceptors (Lipinski definition) is 4. The maximum atomic E-state index is 11.7. The van der Waals surface area contributed by atoms with Gasteiger partial charge in [0, 0.05) is 18.3 Å². The molecule has 0 atom stereocenters. The molecule has 1 aromatic heterocycles. The van der Waals surface area contributed by atoms with Gasteiger partial charge in [0.15, 0.2) is 0 Å². The molecule has 0 aromatic carbocycles. The standard InChI is InChI=1S/C17H25N3O2S/c1-3-5-7-9-14-13(11-15-16(21)18-17(22)23-15)12-20(19-14)10-8-6-4-2/h11-12H,3-10H2,1-2H3,(H,18,21,22)/b15-11-. The molecule has 0 saturated carbocycles. The highest BCUT2D eigenvalue weighted by molar-refractivity contribution is 8.18. The summed E-state index contributed by atoms with van der Waals surface area (Å²) in [4.78, 5) is 23.5. The monoisotopic (exact) mass is 335 g/mol. The third kappa shape index (κ3) is 5.23. The van der Waals surface area contributed by atoms with E-state index in [0.717, 1.165) is 48.8 Å². The van der Waals surface area contributed by atoms with E-state index in [1.165, 1.54) is 25.7 Å². The molecule has 126 valence electrons. The second-order valence-electron chi connectivity index (χ2n) is 5.81. The number of aromatic nitrogens is 2. The summed E-state index contributed by atoms with van der Waals surface area (Å²) >= 11 is 0.961. The summed E-state index contributed by atoms with van der Waals surface area (Å²) in [6, 6.07) is 0. The van der Waals surface area contributed by atoms with Crippen molar-refractivity contribution >= 4 is 29.0 Å². The van der Waals surface area contributed by atoms with Crippen LogP contribution >= 0.6 is 11.8 Å². The van der Waals surface area contributed by atoms with Crippen molar-refractivity contribution in [3.63, 3.8) is 0 Å². The van der Waals surface area contributed by atoms with Crippen LogP contribution in [0.3, 0.4) is 0 Å². The second kappa shape index (κ2) is 8.91. The topological polar surface area (TPSA) is 64.0 Å². The Balaban J connectivity index is 2.15. The zero-order chi connectivity index (χ0) is 16.7. The predicted octanol–water partition coefficient (Wildman–Crippen LogP) is 4.13. The number of hydrogen-bond donors (Lipinski definition) is 1. The Bertz CT molecular complexity index is 593. The number of aryl methyl sites for hydroxylation is 2. The lowest BCUT2D eigenvalue weighted by molar-refractivity contribution is -0.115. The van der Waals surface area contributed by atoms with Crippen molar-refractivity contribution in [1.29, 1.82) is 0 Å². The van der Waals surface area contributed by atoms with Crippen molar-refractivity contribution in [1.82, 2.24) is 15.1 Å². The maximum absolute atomic E-state index is 11.7. The zero-order valence-electron chi connectivity index (χ0n) is 13.9. The van der Waals surface area contributed by atoms with E-state index >= 15 is 0 Å². The number of carbonyl (C=O) groups is 2. The summed E-state index contributed by atoms with van der Waals surface area (Å²) in [6.07, 6.45) is 11.6. The molecular weight excluding hydrogens is 310 g/mol. The van der Waals surface area contributed by atoms with Crippen LogP contribution in [0.2, 0.25) is 0 Å². The van der Waals surface area contributed by atoms with E-state index < -0.39 is 0 Å². The fraction of sp³-hybridized carbons (Fsp3) is 0.588. The van der Waals surface area contributed by atoms with Gasteiger partial charge in [-0.1, -0.05) is 39.5 Å². The Morgan fingerprint density at radius 2 is 1.91 bits per heavy atom. The highest BCUT2D eigenvalue weighted by Crippen LogP contribution is 2.27. The van der Waals surface area contributed by atoms with Crippen LogP contribution in [-0.4, -0.2) is 20.9 Å². The van der Waals surface area contributed by atoms with Gasteiger partial charge in [-0.2, -0.15) is 5.10 Å². The van der Waals surface area contributed by atoms with Crippen LogP contribution in [0.15, 0.2) is 11.1 Å². The molecule has 0 spiro atoms. The Morgan fingerprint density at radius 1 is 1.17 bits per heavy atom. The lowest BCUT2D eigenvalue weighted by atomic mass is 10.1. The van der Waals surface area contributed by atoms with Crippen LogP contribution in [0.4, 0.5) is 4.79 Å². The number of nitrogens with one attached hydrogen (secondary N) is 1. The van der Waals surface area contributed by atoms with Gasteiger partial charge in [0.25, 0.3) is 11.1 Å². The second-order valence-corrected chi connectivity index (χ2v) is 6.83. The summed E-state index contributed by atoms with van der Waals surface area (Å²) in [7, 11) is 0. The lowest BCUT2D eigenvalue weighted by Gasteiger charge is -2.00. The van der Waals surface area contributed by atoms with Gasteiger partial charge in [0.1, 0.15) is 0 Å². The van der Waals surface area contributed by atoms with Crippen molar-refractivity contribution < 1.29 is 9.59 Å². The van der Waals surface area contributed by atoms with E-state index in [2.05, 4.69) is 24.3 Å². The van der Waals surface area contributed by atoms with E-state index in [1.54, 1.807) is 6.08 Å². The molecular formula is C17H25N3O2S. The minimum absolute atomic E-state index is 0.302. The maximum Gasteiger partial charge on any atom is 0.290 e. The molecule has 0 radical (unpaired) electrons. The van der Waals surface area contributed by atoms with E-state index in [1.807, 2.05) is 10.9 Å². The van der Waals surface area contributed by atoms with E-state index in [4.69, 9.17) is 0 Å². The zero-order valence-corrected chi connectivity index (χ0v) is 14.7. The minimum Gasteiger partial charge on any atom is -0.282 e. The predicted molar refractivity (Wildman–Crippen MR) is 94.1 cm³/mol. The Kier molecular flexibility index (Phi) is 6.89. The van der Waals surface area contributed by atoms with Crippen molar-refractivity contribution in [2.24, 2.45) is 0 Å². The van der Waals surface area contributed by atoms with Crippen LogP contribution in [-0.2, 0) is 17.8 Å². The average Bonchev–Trinajstić information content (AvgIpc) is 3.03. The van der Waals surface area contributed by atoms with Crippen molar-refractivity contribution in [2.45, 2.75) is 65.3 Å². The van der Waals surface area contributed by atoms with Crippen molar-refractivity contribution in [3.8, 4) is 0 Å². The van der Waals surface area contributed by atoms with Gasteiger partial charge in [-0.15, -0.1) is 0 Å². The molecule has 1 fully saturated rings. The highest BCUT2D eigenvalue weighted by Gasteiger charge is 2.25. The third-order valence-corrected chi connectivity index (χ3v) is 4.62. The molecule has 0 unspecified atom stereocenters. The van der Waals surface area contributed by atoms with Gasteiger partial charge in [0.2, 0.25) is 0 Å². The molecule has 0 bridgehead atoms. The van der Waals surface area contributed by atoms with Crippen LogP contribution in [0.25, 0.3) is 6.08 Å². The number of imide groups is 1. The van der Waals surface area contributed by atoms with Gasteiger partial charge in [0.05, 0.1) is 10.6 Å². The number of thioether (sulfide) groups is 1. The van der Waals surface area contributed by atoms with Crippen LogP contribution < -0.4 is 5.32 Å². The first-order valence-corrected chi connectivity index (χ1v) is 9.26. The Hall–Kier alpha value is -1.56. The fourth-order valence-electron chi connectivity index (χ4n) is 2.53. The first-order valence-electron chi connectivity index (χ1n) is 8.45. The number of rotatable bonds is 9. The smallest absolute Gasteiger partial charge is 0.282 e. The molecule has 1 saturated heterocycles. The minimum atomic E-state index is -0.307. The molecule has 1 aliphatic heterocycles. The van der Waals surface area contributed by atoms with Gasteiger partial charge in [-0.05, 0) is 37.1 Å². The van der Waals surface area contributed by atoms with Crippen LogP contribution in [0.5, 0.6) is 0 Å². The summed E-state index contributed by atoms with van der Waals surface area (Å²) in [5.74, 6) is -0.307. The van der Waals surface area contributed by atoms with Crippen LogP contribution in [0, 0.1) is 0 Å². The largest absolute Gasteiger partial charge is 0.290 e. The van der Waals surface area contributed by atoms with Gasteiger partial charge < -0.3 is 0 Å². The first-order chi connectivity index (χ1) is 11.1. The van der Waals surface area contributed by atoms with E-state index in [-0.39, 0.29) is 11.1 Å². The molecule has 23 heavy (non-hydrogen) atoms. The number of unbranched alkanes of at least 4 members (excludes halogenated alkanes) is 4. The van der Waals surface area contributed by atoms with Crippen LogP contribution in [0.1, 0.15) is 63.6 Å². The lowest BCUT2D eigenvalue weighted by Crippen LogP contribution is -2.17. The molecule has 1 aliphatic rings. The number of amides is 2. The van der Waals surface area contributed by atoms with Gasteiger partial charge >= 0.3 is 0 Å². The molecule has 2 amide bonds. The summed E-state index contributed by atoms with van der Waals surface area (Å²) in [5, 5.41) is 6.68. The highest BCUT2D eigenvalue weighted by atomic mass is 32.2. The fourth-order valence-corrected chi connectivity index (χ4v) is 3.21. The normalized spacial score (nSPS) is 16.3. The SMILES string of the molecule is CCCCCc1nn(CCCCC)cc1/C=C1\SC(=O)NC1=O. The number of carbonyl (C=O) groups excluding carboxylic acids is 2. The Morgan fingerprint density at radius 3 is 2.57 bits per heavy atom. The first kappa shape index (κ1) is 17.8. The van der Waals surface area contributed by atoms with Gasteiger partial charge in [-0.25, -0.2) is 0 Å². The molecule has 0 aliphatic carbocycles. The van der Waals surface area contributed by atoms with E-state index in [0.29, 0.717) is 4.91 Å². The molecule has 6 heteroatoms. The molecule has 1 N–H and O–H groups in total. The molecule has 1 aromatic rings. The third-order valence-electron chi connectivity index (χ3n) is 3.81. The average molecular weight is 335 g/mol. The molecule has 2 rings (SSSR count). The number of nitrogens with zero attached hydrogens (tertiary/aromatic N) is 2. The Labute approximate surface area is 141 Å². The molecule has 5 nitrogen and oxygen atoms in total. The van der Waals surface area contributed by atoms with Crippen molar-refractivity contribution in [3.05, 3.63) is 22.4 Å². The quantitative estimate of drug-likeness (QED) is 0.544. The summed E-state index contributed by atoms with van der Waals surface area (Å²) < 4.78 is 1.97. The summed E-state index contributed by atoms with van der Waals surface area (Å²) in [5.41, 5.74) is 1.99. The van der Waals surface area contributed by atoms with E-state index in [9.17, 15) is 9.59 Å².